The highest BCUT2D eigenvalue weighted by Crippen LogP contribution is 2.48. The predicted molar refractivity (Wildman–Crippen MR) is 73.6 cm³/mol. The summed E-state index contributed by atoms with van der Waals surface area (Å²) in [5.74, 6) is 4.52. The molecule has 2 saturated carbocycles. The number of rotatable bonds is 5. The molecule has 4 nitrogen and oxygen atoms in total. The molecular formula is C14H22N4. The molecule has 0 saturated heterocycles. The van der Waals surface area contributed by atoms with Gasteiger partial charge < -0.3 is 10.6 Å². The highest BCUT2D eigenvalue weighted by atomic mass is 15.1. The Hall–Kier alpha value is -1.32. The van der Waals surface area contributed by atoms with Gasteiger partial charge in [0.25, 0.3) is 0 Å². The number of anilines is 2. The quantitative estimate of drug-likeness (QED) is 0.838. The second kappa shape index (κ2) is 5.12. The molecule has 0 radical (unpaired) electrons. The minimum atomic E-state index is 0.718. The van der Waals surface area contributed by atoms with Gasteiger partial charge in [-0.05, 0) is 50.0 Å². The lowest BCUT2D eigenvalue weighted by atomic mass is 9.89. The van der Waals surface area contributed by atoms with Crippen LogP contribution in [0.15, 0.2) is 12.3 Å². The molecule has 4 heteroatoms. The van der Waals surface area contributed by atoms with Crippen LogP contribution >= 0.6 is 0 Å². The normalized spacial score (nSPS) is 29.5. The Labute approximate surface area is 109 Å². The third-order valence-corrected chi connectivity index (χ3v) is 4.42. The molecule has 3 atom stereocenters. The second-order valence-corrected chi connectivity index (χ2v) is 5.61. The van der Waals surface area contributed by atoms with E-state index in [1.54, 1.807) is 0 Å². The van der Waals surface area contributed by atoms with Crippen LogP contribution in [0.3, 0.4) is 0 Å². The van der Waals surface area contributed by atoms with Gasteiger partial charge in [-0.3, -0.25) is 0 Å². The fourth-order valence-electron chi connectivity index (χ4n) is 3.56. The van der Waals surface area contributed by atoms with Gasteiger partial charge in [-0.15, -0.1) is 0 Å². The summed E-state index contributed by atoms with van der Waals surface area (Å²) in [5.41, 5.74) is 0. The fraction of sp³-hybridized carbons (Fsp3) is 0.714. The van der Waals surface area contributed by atoms with Crippen molar-refractivity contribution in [2.45, 2.75) is 32.6 Å². The van der Waals surface area contributed by atoms with Gasteiger partial charge in [-0.2, -0.15) is 4.98 Å². The van der Waals surface area contributed by atoms with Gasteiger partial charge in [0, 0.05) is 19.3 Å². The molecular weight excluding hydrogens is 224 g/mol. The first kappa shape index (κ1) is 11.8. The van der Waals surface area contributed by atoms with Crippen molar-refractivity contribution in [2.24, 2.45) is 17.8 Å². The first-order chi connectivity index (χ1) is 8.85. The Bertz CT molecular complexity index is 407. The predicted octanol–water partition coefficient (Wildman–Crippen LogP) is 2.76. The molecule has 0 amide bonds. The van der Waals surface area contributed by atoms with Crippen molar-refractivity contribution in [1.82, 2.24) is 9.97 Å². The molecule has 0 spiro atoms. The Morgan fingerprint density at radius 1 is 1.28 bits per heavy atom. The van der Waals surface area contributed by atoms with Gasteiger partial charge in [-0.1, -0.05) is 6.42 Å². The summed E-state index contributed by atoms with van der Waals surface area (Å²) in [7, 11) is 0. The van der Waals surface area contributed by atoms with Crippen LogP contribution in [-0.2, 0) is 0 Å². The largest absolute Gasteiger partial charge is 0.370 e. The van der Waals surface area contributed by atoms with Crippen LogP contribution in [0, 0.1) is 17.8 Å². The smallest absolute Gasteiger partial charge is 0.224 e. The summed E-state index contributed by atoms with van der Waals surface area (Å²) >= 11 is 0. The van der Waals surface area contributed by atoms with Crippen molar-refractivity contribution in [3.8, 4) is 0 Å². The van der Waals surface area contributed by atoms with Crippen molar-refractivity contribution in [1.29, 1.82) is 0 Å². The van der Waals surface area contributed by atoms with Crippen molar-refractivity contribution in [2.75, 3.05) is 23.7 Å². The Morgan fingerprint density at radius 3 is 2.94 bits per heavy atom. The lowest BCUT2D eigenvalue weighted by molar-refractivity contribution is 0.348. The summed E-state index contributed by atoms with van der Waals surface area (Å²) in [5, 5.41) is 6.62. The van der Waals surface area contributed by atoms with Crippen LogP contribution in [-0.4, -0.2) is 23.1 Å². The lowest BCUT2D eigenvalue weighted by Gasteiger charge is -2.22. The SMILES string of the molecule is CCNc1nccc(NCC2CC3CCC2C3)n1. The minimum Gasteiger partial charge on any atom is -0.370 e. The molecule has 2 bridgehead atoms. The molecule has 0 aliphatic heterocycles. The second-order valence-electron chi connectivity index (χ2n) is 5.61. The van der Waals surface area contributed by atoms with Gasteiger partial charge in [-0.25, -0.2) is 4.98 Å². The summed E-state index contributed by atoms with van der Waals surface area (Å²) in [6.07, 6.45) is 7.62. The van der Waals surface area contributed by atoms with Crippen LogP contribution in [0.4, 0.5) is 11.8 Å². The third kappa shape index (κ3) is 2.42. The summed E-state index contributed by atoms with van der Waals surface area (Å²) in [4.78, 5) is 8.64. The third-order valence-electron chi connectivity index (χ3n) is 4.42. The highest BCUT2D eigenvalue weighted by molar-refractivity contribution is 5.39. The molecule has 1 aromatic heterocycles. The zero-order valence-corrected chi connectivity index (χ0v) is 11.0. The van der Waals surface area contributed by atoms with E-state index in [0.717, 1.165) is 42.6 Å². The van der Waals surface area contributed by atoms with Crippen molar-refractivity contribution < 1.29 is 0 Å². The van der Waals surface area contributed by atoms with E-state index in [4.69, 9.17) is 0 Å². The van der Waals surface area contributed by atoms with E-state index in [1.807, 2.05) is 12.3 Å². The van der Waals surface area contributed by atoms with E-state index in [-0.39, 0.29) is 0 Å². The van der Waals surface area contributed by atoms with E-state index in [0.29, 0.717) is 0 Å². The monoisotopic (exact) mass is 246 g/mol. The maximum absolute atomic E-state index is 4.45. The minimum absolute atomic E-state index is 0.718. The highest BCUT2D eigenvalue weighted by Gasteiger charge is 2.39. The average molecular weight is 246 g/mol. The van der Waals surface area contributed by atoms with Gasteiger partial charge in [0.15, 0.2) is 0 Å². The topological polar surface area (TPSA) is 49.8 Å². The van der Waals surface area contributed by atoms with E-state index in [1.165, 1.54) is 25.7 Å². The molecule has 18 heavy (non-hydrogen) atoms. The molecule has 0 aromatic carbocycles. The zero-order chi connectivity index (χ0) is 12.4. The maximum Gasteiger partial charge on any atom is 0.224 e. The molecule has 2 aliphatic carbocycles. The first-order valence-corrected chi connectivity index (χ1v) is 7.16. The number of hydrogen-bond donors (Lipinski definition) is 2. The van der Waals surface area contributed by atoms with Gasteiger partial charge in [0.1, 0.15) is 5.82 Å². The molecule has 3 rings (SSSR count). The van der Waals surface area contributed by atoms with E-state index in [9.17, 15) is 0 Å². The van der Waals surface area contributed by atoms with Crippen molar-refractivity contribution >= 4 is 11.8 Å². The standard InChI is InChI=1S/C14H22N4/c1-2-15-14-16-6-5-13(18-14)17-9-12-8-10-3-4-11(12)7-10/h5-6,10-12H,2-4,7-9H2,1H3,(H2,15,16,17,18). The summed E-state index contributed by atoms with van der Waals surface area (Å²) in [6.45, 7) is 3.98. The molecule has 2 aliphatic rings. The van der Waals surface area contributed by atoms with E-state index in [2.05, 4.69) is 27.5 Å². The molecule has 2 N–H and O–H groups in total. The number of hydrogen-bond acceptors (Lipinski definition) is 4. The van der Waals surface area contributed by atoms with Gasteiger partial charge in [0.2, 0.25) is 5.95 Å². The molecule has 1 heterocycles. The van der Waals surface area contributed by atoms with Crippen LogP contribution in [0.25, 0.3) is 0 Å². The summed E-state index contributed by atoms with van der Waals surface area (Å²) < 4.78 is 0. The Morgan fingerprint density at radius 2 is 2.22 bits per heavy atom. The number of nitrogens with one attached hydrogen (secondary N) is 2. The van der Waals surface area contributed by atoms with Crippen LogP contribution in [0.5, 0.6) is 0 Å². The number of nitrogens with zero attached hydrogens (tertiary/aromatic N) is 2. The van der Waals surface area contributed by atoms with Gasteiger partial charge >= 0.3 is 0 Å². The molecule has 2 fully saturated rings. The lowest BCUT2D eigenvalue weighted by Crippen LogP contribution is -2.20. The van der Waals surface area contributed by atoms with Crippen LogP contribution < -0.4 is 10.6 Å². The van der Waals surface area contributed by atoms with E-state index < -0.39 is 0 Å². The first-order valence-electron chi connectivity index (χ1n) is 7.16. The zero-order valence-electron chi connectivity index (χ0n) is 11.0. The average Bonchev–Trinajstić information content (AvgIpc) is 2.99. The van der Waals surface area contributed by atoms with Crippen LogP contribution in [0.2, 0.25) is 0 Å². The van der Waals surface area contributed by atoms with Gasteiger partial charge in [0.05, 0.1) is 0 Å². The fourth-order valence-corrected chi connectivity index (χ4v) is 3.56. The Balaban J connectivity index is 1.55. The number of aromatic nitrogens is 2. The molecule has 1 aromatic rings. The summed E-state index contributed by atoms with van der Waals surface area (Å²) in [6, 6.07) is 1.95. The Kier molecular flexibility index (Phi) is 3.35. The van der Waals surface area contributed by atoms with Crippen molar-refractivity contribution in [3.63, 3.8) is 0 Å². The van der Waals surface area contributed by atoms with Crippen molar-refractivity contribution in [3.05, 3.63) is 12.3 Å². The van der Waals surface area contributed by atoms with Crippen LogP contribution in [0.1, 0.15) is 32.6 Å². The number of fused-ring (bicyclic) bond motifs is 2. The maximum atomic E-state index is 4.45. The van der Waals surface area contributed by atoms with E-state index >= 15 is 0 Å². The molecule has 3 unspecified atom stereocenters. The molecule has 98 valence electrons.